The molecule has 0 aliphatic heterocycles. The molecule has 1 aromatic carbocycles. The second kappa shape index (κ2) is 14.3. The van der Waals surface area contributed by atoms with Gasteiger partial charge in [0, 0.05) is 0 Å². The van der Waals surface area contributed by atoms with E-state index in [1.165, 1.54) is 62.5 Å². The van der Waals surface area contributed by atoms with E-state index in [1.807, 2.05) is 0 Å². The molecule has 115 valence electrons. The van der Waals surface area contributed by atoms with E-state index in [9.17, 15) is 0 Å². The maximum atomic E-state index is 5.41. The first-order chi connectivity index (χ1) is 8.80. The minimum absolute atomic E-state index is 0. The van der Waals surface area contributed by atoms with Gasteiger partial charge in [0.2, 0.25) is 0 Å². The van der Waals surface area contributed by atoms with Gasteiger partial charge in [-0.05, 0) is 0 Å². The number of unbranched alkanes of at least 4 members (excludes halogenated alkanes) is 4. The Morgan fingerprint density at radius 1 is 0.800 bits per heavy atom. The van der Waals surface area contributed by atoms with Crippen LogP contribution in [0.5, 0.6) is 5.75 Å². The molecule has 0 aromatic heterocycles. The van der Waals surface area contributed by atoms with Gasteiger partial charge in [-0.1, -0.05) is 0 Å². The molecule has 0 saturated heterocycles. The van der Waals surface area contributed by atoms with Crippen molar-refractivity contribution in [1.82, 2.24) is 0 Å². The minimum atomic E-state index is 0. The summed E-state index contributed by atoms with van der Waals surface area (Å²) in [5.41, 5.74) is 2.88. The zero-order chi connectivity index (χ0) is 13.2. The molecule has 0 amide bonds. The van der Waals surface area contributed by atoms with Crippen LogP contribution in [0.25, 0.3) is 0 Å². The predicted molar refractivity (Wildman–Crippen MR) is 88.0 cm³/mol. The first-order valence-corrected chi connectivity index (χ1v) is 7.90. The molecule has 4 heteroatoms. The molecule has 0 atom stereocenters. The van der Waals surface area contributed by atoms with Crippen LogP contribution in [0, 0.1) is 0 Å². The van der Waals surface area contributed by atoms with Gasteiger partial charge in [-0.25, -0.2) is 0 Å². The smallest absolute Gasteiger partial charge is 0.147 e. The van der Waals surface area contributed by atoms with Gasteiger partial charge in [0.1, 0.15) is 0 Å². The van der Waals surface area contributed by atoms with Crippen molar-refractivity contribution in [3.05, 3.63) is 29.3 Å². The van der Waals surface area contributed by atoms with Crippen LogP contribution in [0.4, 0.5) is 0 Å². The van der Waals surface area contributed by atoms with Crippen LogP contribution in [0.2, 0.25) is 0 Å². The van der Waals surface area contributed by atoms with E-state index in [-0.39, 0.29) is 24.8 Å². The summed E-state index contributed by atoms with van der Waals surface area (Å²) in [5.74, 6) is 1.02. The molecule has 0 radical (unpaired) electrons. The summed E-state index contributed by atoms with van der Waals surface area (Å²) in [6.07, 6.45) is 10.2. The van der Waals surface area contributed by atoms with Crippen molar-refractivity contribution in [1.29, 1.82) is 0 Å². The predicted octanol–water partition coefficient (Wildman–Crippen LogP) is 5.84. The molecule has 0 bridgehead atoms. The quantitative estimate of drug-likeness (QED) is 0.400. The molecule has 0 spiro atoms. The summed E-state index contributed by atoms with van der Waals surface area (Å²) < 4.78 is 5.41. The van der Waals surface area contributed by atoms with E-state index in [0.29, 0.717) is 0 Å². The molecule has 0 saturated carbocycles. The van der Waals surface area contributed by atoms with Crippen molar-refractivity contribution in [2.24, 2.45) is 0 Å². The van der Waals surface area contributed by atoms with Crippen LogP contribution in [0.15, 0.2) is 18.2 Å². The van der Waals surface area contributed by atoms with Gasteiger partial charge < -0.3 is 0 Å². The molecule has 0 aliphatic carbocycles. The molecular weight excluding hydrogens is 327 g/mol. The van der Waals surface area contributed by atoms with E-state index in [0.717, 1.165) is 5.75 Å². The Bertz CT molecular complexity index is 317. The van der Waals surface area contributed by atoms with Crippen LogP contribution in [-0.4, -0.2) is 0 Å². The van der Waals surface area contributed by atoms with Crippen molar-refractivity contribution in [3.8, 4) is 5.75 Å². The maximum Gasteiger partial charge on any atom is -0.147 e. The van der Waals surface area contributed by atoms with Gasteiger partial charge in [0.05, 0.1) is 0 Å². The van der Waals surface area contributed by atoms with Crippen molar-refractivity contribution < 1.29 is 24.1 Å². The fourth-order valence-electron chi connectivity index (χ4n) is 2.23. The van der Waals surface area contributed by atoms with Gasteiger partial charge in [-0.15, -0.1) is 24.8 Å². The summed E-state index contributed by atoms with van der Waals surface area (Å²) in [5, 5.41) is 0. The molecule has 0 unspecified atom stereocenters. The summed E-state index contributed by atoms with van der Waals surface area (Å²) >= 11 is 1.76. The van der Waals surface area contributed by atoms with E-state index in [1.54, 1.807) is 20.8 Å². The fourth-order valence-corrected chi connectivity index (χ4v) is 2.42. The largest absolute Gasteiger partial charge is 0.147 e. The van der Waals surface area contributed by atoms with Crippen molar-refractivity contribution in [2.75, 3.05) is 0 Å². The summed E-state index contributed by atoms with van der Waals surface area (Å²) in [6, 6.07) is 6.76. The van der Waals surface area contributed by atoms with Crippen LogP contribution >= 0.6 is 24.8 Å². The van der Waals surface area contributed by atoms with E-state index >= 15 is 0 Å². The average molecular weight is 354 g/mol. The van der Waals surface area contributed by atoms with Gasteiger partial charge in [0.15, 0.2) is 0 Å². The number of aryl methyl sites for hydroxylation is 2. The third kappa shape index (κ3) is 9.29. The van der Waals surface area contributed by atoms with Crippen molar-refractivity contribution >= 4 is 24.8 Å². The monoisotopic (exact) mass is 353 g/mol. The zero-order valence-electron chi connectivity index (χ0n) is 12.6. The molecule has 0 fully saturated rings. The molecule has 1 rings (SSSR count). The Morgan fingerprint density at radius 3 is 1.60 bits per heavy atom. The van der Waals surface area contributed by atoms with E-state index in [4.69, 9.17) is 3.32 Å². The Hall–Kier alpha value is 0.314. The van der Waals surface area contributed by atoms with Crippen LogP contribution in [0.3, 0.4) is 0 Å². The Kier molecular flexibility index (Phi) is 16.1. The van der Waals surface area contributed by atoms with Crippen LogP contribution in [-0.2, 0) is 33.7 Å². The van der Waals surface area contributed by atoms with Gasteiger partial charge in [-0.2, -0.15) is 0 Å². The summed E-state index contributed by atoms with van der Waals surface area (Å²) in [7, 11) is 0. The van der Waals surface area contributed by atoms with Crippen LogP contribution in [0.1, 0.15) is 63.5 Å². The number of hydrogen-bond acceptors (Lipinski definition) is 1. The minimum Gasteiger partial charge on any atom is -0.147 e. The number of halogens is 2. The molecule has 0 N–H and O–H groups in total. The second-order valence-electron chi connectivity index (χ2n) is 5.00. The fraction of sp³-hybridized carbons (Fsp3) is 0.625. The topological polar surface area (TPSA) is 9.23 Å². The first-order valence-electron chi connectivity index (χ1n) is 7.26. The summed E-state index contributed by atoms with van der Waals surface area (Å²) in [6.45, 7) is 4.50. The average Bonchev–Trinajstić information content (AvgIpc) is 2.39. The molecule has 20 heavy (non-hydrogen) atoms. The molecule has 1 nitrogen and oxygen atoms in total. The number of hydrogen-bond donors (Lipinski definition) is 0. The molecule has 0 heterocycles. The Labute approximate surface area is 149 Å². The van der Waals surface area contributed by atoms with Gasteiger partial charge in [-0.3, -0.25) is 0 Å². The second-order valence-corrected chi connectivity index (χ2v) is 5.32. The molecule has 0 aliphatic rings. The third-order valence-corrected chi connectivity index (χ3v) is 3.65. The van der Waals surface area contributed by atoms with E-state index < -0.39 is 0 Å². The molecule has 1 aromatic rings. The number of benzene rings is 1. The zero-order valence-corrected chi connectivity index (χ0v) is 15.8. The van der Waals surface area contributed by atoms with Crippen molar-refractivity contribution in [2.45, 2.75) is 65.2 Å². The Morgan fingerprint density at radius 2 is 1.25 bits per heavy atom. The molecular formula is C16H27Cl2OTi. The maximum absolute atomic E-state index is 5.41. The Balaban J connectivity index is 0. The van der Waals surface area contributed by atoms with E-state index in [2.05, 4.69) is 32.0 Å². The third-order valence-electron chi connectivity index (χ3n) is 3.28. The normalized spacial score (nSPS) is 9.45. The van der Waals surface area contributed by atoms with Crippen molar-refractivity contribution in [3.63, 3.8) is 0 Å². The SMILES string of the molecule is CCCCCc1cc(CCCCC)cc([O][Ti])c1.Cl.Cl. The first kappa shape index (κ1) is 22.6. The number of rotatable bonds is 9. The van der Waals surface area contributed by atoms with Crippen LogP contribution < -0.4 is 3.32 Å². The van der Waals surface area contributed by atoms with Gasteiger partial charge in [0.25, 0.3) is 0 Å². The van der Waals surface area contributed by atoms with Gasteiger partial charge >= 0.3 is 124 Å². The summed E-state index contributed by atoms with van der Waals surface area (Å²) in [4.78, 5) is 0. The standard InChI is InChI=1S/C16H26O.2ClH.Ti/c1-3-5-7-9-14-11-15(10-8-6-4-2)13-16(17)12-14;;;/h11-13,17H,3-10H2,1-2H3;2*1H;/q;;;+1/p-1.